The van der Waals surface area contributed by atoms with Crippen molar-refractivity contribution >= 4 is 39.1 Å². The van der Waals surface area contributed by atoms with Crippen LogP contribution in [0.4, 0.5) is 5.69 Å². The van der Waals surface area contributed by atoms with Crippen molar-refractivity contribution in [2.45, 2.75) is 69.0 Å². The number of ether oxygens (including phenoxy) is 1. The Hall–Kier alpha value is -4.34. The van der Waals surface area contributed by atoms with Crippen LogP contribution in [-0.4, -0.2) is 50.4 Å². The highest BCUT2D eigenvalue weighted by molar-refractivity contribution is 7.92. The first-order chi connectivity index (χ1) is 23.3. The second kappa shape index (κ2) is 16.7. The molecule has 1 fully saturated rings. The Morgan fingerprint density at radius 3 is 2.08 bits per heavy atom. The van der Waals surface area contributed by atoms with Gasteiger partial charge in [0, 0.05) is 24.0 Å². The van der Waals surface area contributed by atoms with Crippen molar-refractivity contribution in [1.29, 1.82) is 0 Å². The molecular weight excluding hydrogens is 646 g/mol. The summed E-state index contributed by atoms with van der Waals surface area (Å²) < 4.78 is 35.6. The number of rotatable bonds is 14. The molecular formula is C38H42ClN3O5S. The Labute approximate surface area is 288 Å². The second-order valence-corrected chi connectivity index (χ2v) is 14.2. The largest absolute Gasteiger partial charge is 0.492 e. The summed E-state index contributed by atoms with van der Waals surface area (Å²) in [5, 5.41) is 3.62. The first-order valence-electron chi connectivity index (χ1n) is 16.4. The Bertz CT molecular complexity index is 1750. The van der Waals surface area contributed by atoms with Gasteiger partial charge in [0.1, 0.15) is 18.3 Å². The molecule has 8 nitrogen and oxygen atoms in total. The zero-order chi connectivity index (χ0) is 33.9. The van der Waals surface area contributed by atoms with Gasteiger partial charge < -0.3 is 15.0 Å². The number of hydrogen-bond donors (Lipinski definition) is 1. The number of halogens is 1. The SMILES string of the molecule is CCOc1ccccc1N(CC(=O)N(Cc1ccccc1)[C@@H](Cc1ccccc1)C(=O)NC1CCCCC1)S(=O)(=O)c1ccc(Cl)cc1. The highest BCUT2D eigenvalue weighted by atomic mass is 35.5. The molecule has 0 spiro atoms. The van der Waals surface area contributed by atoms with Crippen molar-refractivity contribution < 1.29 is 22.7 Å². The zero-order valence-corrected chi connectivity index (χ0v) is 28.7. The Morgan fingerprint density at radius 1 is 0.833 bits per heavy atom. The summed E-state index contributed by atoms with van der Waals surface area (Å²) in [4.78, 5) is 30.5. The lowest BCUT2D eigenvalue weighted by atomic mass is 9.94. The highest BCUT2D eigenvalue weighted by Crippen LogP contribution is 2.33. The zero-order valence-electron chi connectivity index (χ0n) is 27.1. The van der Waals surface area contributed by atoms with Gasteiger partial charge in [-0.25, -0.2) is 8.42 Å². The van der Waals surface area contributed by atoms with E-state index in [2.05, 4.69) is 5.32 Å². The molecule has 1 N–H and O–H groups in total. The number of nitrogens with one attached hydrogen (secondary N) is 1. The topological polar surface area (TPSA) is 96.0 Å². The van der Waals surface area contributed by atoms with E-state index in [1.54, 1.807) is 31.2 Å². The number of para-hydroxylation sites is 2. The summed E-state index contributed by atoms with van der Waals surface area (Å²) in [7, 11) is -4.29. The summed E-state index contributed by atoms with van der Waals surface area (Å²) in [6.45, 7) is 1.64. The molecule has 10 heteroatoms. The van der Waals surface area contributed by atoms with Gasteiger partial charge in [0.2, 0.25) is 11.8 Å². The van der Waals surface area contributed by atoms with Gasteiger partial charge in [0.05, 0.1) is 17.2 Å². The quantitative estimate of drug-likeness (QED) is 0.154. The molecule has 1 atom stereocenters. The van der Waals surface area contributed by atoms with Crippen LogP contribution in [0, 0.1) is 0 Å². The predicted octanol–water partition coefficient (Wildman–Crippen LogP) is 7.02. The van der Waals surface area contributed by atoms with Crippen LogP contribution < -0.4 is 14.4 Å². The van der Waals surface area contributed by atoms with Gasteiger partial charge in [-0.3, -0.25) is 13.9 Å². The molecule has 0 saturated heterocycles. The van der Waals surface area contributed by atoms with Crippen molar-refractivity contribution in [1.82, 2.24) is 10.2 Å². The fourth-order valence-corrected chi connectivity index (χ4v) is 7.62. The average Bonchev–Trinajstić information content (AvgIpc) is 3.10. The molecule has 5 rings (SSSR count). The summed E-state index contributed by atoms with van der Waals surface area (Å²) >= 11 is 6.10. The van der Waals surface area contributed by atoms with Gasteiger partial charge in [0.15, 0.2) is 0 Å². The van der Waals surface area contributed by atoms with E-state index in [9.17, 15) is 18.0 Å². The summed E-state index contributed by atoms with van der Waals surface area (Å²) in [5.74, 6) is -0.463. The van der Waals surface area contributed by atoms with E-state index in [-0.39, 0.29) is 35.5 Å². The van der Waals surface area contributed by atoms with Gasteiger partial charge in [-0.15, -0.1) is 0 Å². The van der Waals surface area contributed by atoms with E-state index >= 15 is 0 Å². The van der Waals surface area contributed by atoms with Crippen molar-refractivity contribution in [2.75, 3.05) is 17.5 Å². The molecule has 0 heterocycles. The first-order valence-corrected chi connectivity index (χ1v) is 18.3. The number of sulfonamides is 1. The molecule has 0 radical (unpaired) electrons. The molecule has 1 aliphatic rings. The Morgan fingerprint density at radius 2 is 1.44 bits per heavy atom. The van der Waals surface area contributed by atoms with Gasteiger partial charge in [-0.05, 0) is 67.3 Å². The minimum atomic E-state index is -4.29. The number of nitrogens with zero attached hydrogens (tertiary/aromatic N) is 2. The molecule has 4 aromatic rings. The Kier molecular flexibility index (Phi) is 12.1. The molecule has 0 aromatic heterocycles. The van der Waals surface area contributed by atoms with Crippen LogP contribution in [0.15, 0.2) is 114 Å². The lowest BCUT2D eigenvalue weighted by Gasteiger charge is -2.35. The van der Waals surface area contributed by atoms with Crippen LogP contribution in [0.25, 0.3) is 0 Å². The van der Waals surface area contributed by atoms with Gasteiger partial charge >= 0.3 is 0 Å². The average molecular weight is 688 g/mol. The van der Waals surface area contributed by atoms with E-state index in [4.69, 9.17) is 16.3 Å². The summed E-state index contributed by atoms with van der Waals surface area (Å²) in [6, 6.07) is 30.7. The minimum absolute atomic E-state index is 0.0260. The summed E-state index contributed by atoms with van der Waals surface area (Å²) in [5.41, 5.74) is 1.92. The van der Waals surface area contributed by atoms with Gasteiger partial charge in [-0.1, -0.05) is 104 Å². The Balaban J connectivity index is 1.58. The molecule has 252 valence electrons. The molecule has 48 heavy (non-hydrogen) atoms. The molecule has 0 unspecified atom stereocenters. The molecule has 0 aliphatic heterocycles. The maximum absolute atomic E-state index is 14.7. The summed E-state index contributed by atoms with van der Waals surface area (Å²) in [6.07, 6.45) is 5.25. The third-order valence-corrected chi connectivity index (χ3v) is 10.6. The fraction of sp³-hybridized carbons (Fsp3) is 0.316. The maximum atomic E-state index is 14.7. The monoisotopic (exact) mass is 687 g/mol. The molecule has 1 saturated carbocycles. The van der Waals surface area contributed by atoms with Crippen LogP contribution in [0.2, 0.25) is 5.02 Å². The highest BCUT2D eigenvalue weighted by Gasteiger charge is 2.36. The lowest BCUT2D eigenvalue weighted by molar-refractivity contribution is -0.140. The number of hydrogen-bond acceptors (Lipinski definition) is 5. The smallest absolute Gasteiger partial charge is 0.264 e. The van der Waals surface area contributed by atoms with Crippen molar-refractivity contribution in [2.24, 2.45) is 0 Å². The minimum Gasteiger partial charge on any atom is -0.492 e. The molecule has 0 bridgehead atoms. The van der Waals surface area contributed by atoms with Gasteiger partial charge in [0.25, 0.3) is 10.0 Å². The number of anilines is 1. The van der Waals surface area contributed by atoms with E-state index in [0.29, 0.717) is 17.4 Å². The maximum Gasteiger partial charge on any atom is 0.264 e. The van der Waals surface area contributed by atoms with Crippen LogP contribution >= 0.6 is 11.6 Å². The normalized spacial score (nSPS) is 14.1. The molecule has 1 aliphatic carbocycles. The fourth-order valence-electron chi connectivity index (χ4n) is 6.07. The number of carbonyl (C=O) groups excluding carboxylic acids is 2. The van der Waals surface area contributed by atoms with Crippen LogP contribution in [0.3, 0.4) is 0 Å². The van der Waals surface area contributed by atoms with E-state index in [1.807, 2.05) is 60.7 Å². The van der Waals surface area contributed by atoms with Crippen molar-refractivity contribution in [3.63, 3.8) is 0 Å². The standard InChI is InChI=1S/C38H42ClN3O5S/c1-2-47-36-21-13-12-20-34(36)42(48(45,46)33-24-22-31(39)23-25-33)28-37(43)41(27-30-16-8-4-9-17-30)35(26-29-14-6-3-7-15-29)38(44)40-32-18-10-5-11-19-32/h3-4,6-9,12-17,20-25,32,35H,2,5,10-11,18-19,26-28H2,1H3,(H,40,44)/t35-/m0/s1. The van der Waals surface area contributed by atoms with Crippen LogP contribution in [-0.2, 0) is 32.6 Å². The lowest BCUT2D eigenvalue weighted by Crippen LogP contribution is -2.55. The van der Waals surface area contributed by atoms with Crippen LogP contribution in [0.1, 0.15) is 50.2 Å². The van der Waals surface area contributed by atoms with E-state index in [0.717, 1.165) is 47.5 Å². The van der Waals surface area contributed by atoms with E-state index < -0.39 is 28.5 Å². The van der Waals surface area contributed by atoms with Gasteiger partial charge in [-0.2, -0.15) is 0 Å². The first kappa shape index (κ1) is 35.0. The van der Waals surface area contributed by atoms with E-state index in [1.165, 1.54) is 29.2 Å². The number of benzene rings is 4. The third kappa shape index (κ3) is 8.96. The van der Waals surface area contributed by atoms with Crippen LogP contribution in [0.5, 0.6) is 5.75 Å². The number of carbonyl (C=O) groups is 2. The number of amides is 2. The van der Waals surface area contributed by atoms with Crippen molar-refractivity contribution in [3.05, 3.63) is 125 Å². The second-order valence-electron chi connectivity index (χ2n) is 11.9. The third-order valence-electron chi connectivity index (χ3n) is 8.53. The molecule has 4 aromatic carbocycles. The molecule has 2 amide bonds. The predicted molar refractivity (Wildman–Crippen MR) is 190 cm³/mol. The van der Waals surface area contributed by atoms with Crippen molar-refractivity contribution in [3.8, 4) is 5.75 Å².